The van der Waals surface area contributed by atoms with Gasteiger partial charge in [-0.25, -0.2) is 17.6 Å². The number of hydrogen-bond donors (Lipinski definition) is 2. The molecule has 4 rings (SSSR count). The van der Waals surface area contributed by atoms with Crippen molar-refractivity contribution in [2.75, 3.05) is 19.8 Å². The molecule has 11 heteroatoms. The Balaban J connectivity index is 1.12. The number of ether oxygens (including phenoxy) is 3. The molecule has 0 aliphatic rings. The molecular weight excluding hydrogens is 614 g/mol. The van der Waals surface area contributed by atoms with Gasteiger partial charge in [0.25, 0.3) is 0 Å². The molecule has 0 heterocycles. The lowest BCUT2D eigenvalue weighted by Gasteiger charge is -2.13. The molecule has 4 aromatic rings. The summed E-state index contributed by atoms with van der Waals surface area (Å²) >= 11 is 0. The molecule has 0 fully saturated rings. The van der Waals surface area contributed by atoms with Crippen molar-refractivity contribution in [3.05, 3.63) is 95.6 Å². The Labute approximate surface area is 263 Å². The largest absolute Gasteiger partial charge is 0.505 e. The highest BCUT2D eigenvalue weighted by Gasteiger charge is 2.19. The molecule has 0 bridgehead atoms. The van der Waals surface area contributed by atoms with Crippen LogP contribution in [0.3, 0.4) is 0 Å². The molecular formula is C35H34F6O5. The number of aliphatic hydroxyl groups excluding tert-OH is 1. The van der Waals surface area contributed by atoms with Gasteiger partial charge < -0.3 is 24.4 Å². The molecule has 0 spiro atoms. The zero-order valence-electron chi connectivity index (χ0n) is 25.1. The smallest absolute Gasteiger partial charge is 0.201 e. The second kappa shape index (κ2) is 16.3. The molecule has 0 saturated carbocycles. The van der Waals surface area contributed by atoms with E-state index in [1.165, 1.54) is 36.4 Å². The third kappa shape index (κ3) is 8.66. The molecule has 0 aliphatic carbocycles. The van der Waals surface area contributed by atoms with Crippen molar-refractivity contribution in [2.24, 2.45) is 0 Å². The van der Waals surface area contributed by atoms with Crippen LogP contribution in [-0.2, 0) is 0 Å². The van der Waals surface area contributed by atoms with Crippen molar-refractivity contribution in [2.45, 2.75) is 51.6 Å². The fraction of sp³-hybridized carbons (Fsp3) is 0.314. The van der Waals surface area contributed by atoms with E-state index in [9.17, 15) is 36.6 Å². The van der Waals surface area contributed by atoms with Crippen LogP contribution in [0.2, 0.25) is 0 Å². The quantitative estimate of drug-likeness (QED) is 0.0937. The first-order valence-electron chi connectivity index (χ1n) is 14.9. The summed E-state index contributed by atoms with van der Waals surface area (Å²) in [7, 11) is 0. The summed E-state index contributed by atoms with van der Waals surface area (Å²) in [5, 5.41) is 19.5. The maximum Gasteiger partial charge on any atom is 0.201 e. The number of phenolic OH excluding ortho intramolecular Hbond substituents is 1. The van der Waals surface area contributed by atoms with E-state index in [0.717, 1.165) is 24.3 Å². The van der Waals surface area contributed by atoms with Crippen LogP contribution in [0.25, 0.3) is 22.3 Å². The number of rotatable bonds is 16. The van der Waals surface area contributed by atoms with Crippen molar-refractivity contribution >= 4 is 0 Å². The standard InChI is InChI=1S/C35H34F6O5/c1-2-44-31-16-14-27(33(39)35(31)41)25-12-10-23(20-29(25)37)46-18-6-4-8-21(42)7-3-5-17-45-22-9-11-24(28(36)19-22)26-13-15-30(43)34(40)32(26)38/h9-16,19-21,42-43H,2-8,17-18H2,1H3. The second-order valence-electron chi connectivity index (χ2n) is 10.6. The van der Waals surface area contributed by atoms with Gasteiger partial charge in [-0.2, -0.15) is 8.78 Å². The minimum Gasteiger partial charge on any atom is -0.505 e. The number of aromatic hydroxyl groups is 1. The molecule has 0 aliphatic heterocycles. The van der Waals surface area contributed by atoms with Crippen LogP contribution in [0.5, 0.6) is 23.0 Å². The van der Waals surface area contributed by atoms with Crippen LogP contribution >= 0.6 is 0 Å². The van der Waals surface area contributed by atoms with E-state index in [1.807, 2.05) is 0 Å². The van der Waals surface area contributed by atoms with Gasteiger partial charge in [-0.15, -0.1) is 0 Å². The summed E-state index contributed by atoms with van der Waals surface area (Å²) in [5.41, 5.74) is -0.820. The fourth-order valence-corrected chi connectivity index (χ4v) is 4.85. The van der Waals surface area contributed by atoms with Crippen LogP contribution < -0.4 is 14.2 Å². The van der Waals surface area contributed by atoms with Crippen LogP contribution in [0, 0.1) is 34.9 Å². The van der Waals surface area contributed by atoms with E-state index in [2.05, 4.69) is 0 Å². The topological polar surface area (TPSA) is 68.2 Å². The first kappa shape index (κ1) is 34.5. The Bertz CT molecular complexity index is 1630. The summed E-state index contributed by atoms with van der Waals surface area (Å²) in [4.78, 5) is 0. The zero-order chi connectivity index (χ0) is 33.2. The van der Waals surface area contributed by atoms with Crippen LogP contribution in [0.1, 0.15) is 45.4 Å². The summed E-state index contributed by atoms with van der Waals surface area (Å²) in [6.07, 6.45) is 3.02. The summed E-state index contributed by atoms with van der Waals surface area (Å²) < 4.78 is 102. The van der Waals surface area contributed by atoms with Gasteiger partial charge in [-0.05, 0) is 94.0 Å². The van der Waals surface area contributed by atoms with Gasteiger partial charge in [0.1, 0.15) is 23.1 Å². The minimum atomic E-state index is -1.45. The van der Waals surface area contributed by atoms with E-state index in [1.54, 1.807) is 6.92 Å². The van der Waals surface area contributed by atoms with E-state index >= 15 is 0 Å². The Hall–Kier alpha value is -4.38. The summed E-state index contributed by atoms with van der Waals surface area (Å²) in [6, 6.07) is 12.2. The van der Waals surface area contributed by atoms with Gasteiger partial charge in [-0.3, -0.25) is 0 Å². The highest BCUT2D eigenvalue weighted by atomic mass is 19.2. The van der Waals surface area contributed by atoms with Crippen LogP contribution in [0.15, 0.2) is 60.7 Å². The van der Waals surface area contributed by atoms with Gasteiger partial charge in [0.15, 0.2) is 23.1 Å². The highest BCUT2D eigenvalue weighted by Crippen LogP contribution is 2.34. The number of unbranched alkanes of at least 4 members (excludes halogenated alkanes) is 2. The zero-order valence-corrected chi connectivity index (χ0v) is 25.1. The van der Waals surface area contributed by atoms with Gasteiger partial charge in [0, 0.05) is 34.4 Å². The van der Waals surface area contributed by atoms with Gasteiger partial charge in [-0.1, -0.05) is 0 Å². The van der Waals surface area contributed by atoms with Crippen molar-refractivity contribution in [3.63, 3.8) is 0 Å². The van der Waals surface area contributed by atoms with Crippen LogP contribution in [-0.4, -0.2) is 36.1 Å². The van der Waals surface area contributed by atoms with Crippen LogP contribution in [0.4, 0.5) is 26.3 Å². The normalized spacial score (nSPS) is 11.8. The van der Waals surface area contributed by atoms with Crippen molar-refractivity contribution < 1.29 is 50.8 Å². The molecule has 0 saturated heterocycles. The number of aliphatic hydroxyl groups is 1. The fourth-order valence-electron chi connectivity index (χ4n) is 4.85. The molecule has 46 heavy (non-hydrogen) atoms. The predicted molar refractivity (Wildman–Crippen MR) is 161 cm³/mol. The van der Waals surface area contributed by atoms with Gasteiger partial charge >= 0.3 is 0 Å². The molecule has 2 N–H and O–H groups in total. The number of benzene rings is 4. The predicted octanol–water partition coefficient (Wildman–Crippen LogP) is 9.12. The van der Waals surface area contributed by atoms with Crippen molar-refractivity contribution in [3.8, 4) is 45.3 Å². The minimum absolute atomic E-state index is 0.106. The Morgan fingerprint density at radius 1 is 0.565 bits per heavy atom. The monoisotopic (exact) mass is 648 g/mol. The third-order valence-electron chi connectivity index (χ3n) is 7.27. The third-order valence-corrected chi connectivity index (χ3v) is 7.27. The first-order chi connectivity index (χ1) is 22.1. The van der Waals surface area contributed by atoms with E-state index in [0.29, 0.717) is 38.5 Å². The molecule has 1 unspecified atom stereocenters. The molecule has 4 aromatic carbocycles. The van der Waals surface area contributed by atoms with Gasteiger partial charge in [0.2, 0.25) is 11.6 Å². The second-order valence-corrected chi connectivity index (χ2v) is 10.6. The Kier molecular flexibility index (Phi) is 12.2. The maximum absolute atomic E-state index is 14.7. The lowest BCUT2D eigenvalue weighted by atomic mass is 10.0. The van der Waals surface area contributed by atoms with Gasteiger partial charge in [0.05, 0.1) is 25.9 Å². The number of phenols is 1. The average molecular weight is 649 g/mol. The lowest BCUT2D eigenvalue weighted by Crippen LogP contribution is -2.08. The van der Waals surface area contributed by atoms with Crippen molar-refractivity contribution in [1.82, 2.24) is 0 Å². The maximum atomic E-state index is 14.7. The average Bonchev–Trinajstić information content (AvgIpc) is 3.03. The first-order valence-corrected chi connectivity index (χ1v) is 14.9. The molecule has 5 nitrogen and oxygen atoms in total. The molecule has 246 valence electrons. The summed E-state index contributed by atoms with van der Waals surface area (Å²) in [5.74, 6) is -7.39. The van der Waals surface area contributed by atoms with E-state index in [-0.39, 0.29) is 59.3 Å². The molecule has 0 radical (unpaired) electrons. The lowest BCUT2D eigenvalue weighted by molar-refractivity contribution is 0.143. The summed E-state index contributed by atoms with van der Waals surface area (Å²) in [6.45, 7) is 2.33. The molecule has 0 aromatic heterocycles. The molecule has 1 atom stereocenters. The van der Waals surface area contributed by atoms with E-state index < -0.39 is 46.8 Å². The highest BCUT2D eigenvalue weighted by molar-refractivity contribution is 5.67. The SMILES string of the molecule is CCOc1ccc(-c2ccc(OCCCCC(O)CCCCOc3ccc(-c4ccc(O)c(F)c4F)c(F)c3)cc2F)c(F)c1F. The van der Waals surface area contributed by atoms with E-state index in [4.69, 9.17) is 14.2 Å². The Morgan fingerprint density at radius 2 is 1.04 bits per heavy atom. The van der Waals surface area contributed by atoms with Crippen molar-refractivity contribution in [1.29, 1.82) is 0 Å². The molecule has 0 amide bonds. The number of halogens is 6. The Morgan fingerprint density at radius 3 is 1.54 bits per heavy atom. The number of hydrogen-bond acceptors (Lipinski definition) is 5.